The first-order valence-electron chi connectivity index (χ1n) is 10.6. The van der Waals surface area contributed by atoms with Gasteiger partial charge in [-0.25, -0.2) is 4.79 Å². The minimum Gasteiger partial charge on any atom is -0.478 e. The molecule has 4 nitrogen and oxygen atoms in total. The number of ether oxygens (including phenoxy) is 1. The Balaban J connectivity index is 2.09. The number of hydrogen-bond acceptors (Lipinski definition) is 3. The molecule has 0 amide bonds. The Morgan fingerprint density at radius 2 is 1.38 bits per heavy atom. The maximum Gasteiger partial charge on any atom is 0.328 e. The standard InChI is InChI=1S/C28H26O4/c1-3-25(21-8-6-5-7-9-21)28(22-13-10-20(11-14-22)12-19-26(29)30)23-15-17-24(18-16-23)32-27(31)4-2/h5-19H,3-4H2,1-2H3,(H,29,30). The lowest BCUT2D eigenvalue weighted by Crippen LogP contribution is -2.05. The van der Waals surface area contributed by atoms with E-state index in [0.717, 1.165) is 40.3 Å². The zero-order chi connectivity index (χ0) is 22.9. The predicted octanol–water partition coefficient (Wildman–Crippen LogP) is 6.47. The van der Waals surface area contributed by atoms with Crippen LogP contribution in [0.3, 0.4) is 0 Å². The van der Waals surface area contributed by atoms with E-state index in [1.165, 1.54) is 5.57 Å². The smallest absolute Gasteiger partial charge is 0.328 e. The van der Waals surface area contributed by atoms with Crippen LogP contribution in [0, 0.1) is 0 Å². The Morgan fingerprint density at radius 3 is 1.91 bits per heavy atom. The molecule has 0 heterocycles. The second-order valence-electron chi connectivity index (χ2n) is 7.22. The number of carboxylic acid groups (broad SMARTS) is 1. The van der Waals surface area contributed by atoms with Crippen LogP contribution in [-0.2, 0) is 9.59 Å². The third-order valence-corrected chi connectivity index (χ3v) is 5.06. The number of benzene rings is 3. The monoisotopic (exact) mass is 426 g/mol. The number of rotatable bonds is 8. The highest BCUT2D eigenvalue weighted by molar-refractivity contribution is 5.98. The molecule has 162 valence electrons. The Labute approximate surface area is 188 Å². The molecule has 0 aromatic heterocycles. The molecule has 3 aromatic carbocycles. The highest BCUT2D eigenvalue weighted by atomic mass is 16.5. The molecule has 0 spiro atoms. The van der Waals surface area contributed by atoms with Crippen LogP contribution < -0.4 is 4.74 Å². The summed E-state index contributed by atoms with van der Waals surface area (Å²) in [6.45, 7) is 3.89. The Kier molecular flexibility index (Phi) is 7.76. The van der Waals surface area contributed by atoms with Gasteiger partial charge in [-0.15, -0.1) is 0 Å². The molecule has 0 radical (unpaired) electrons. The molecule has 3 aromatic rings. The maximum atomic E-state index is 11.6. The highest BCUT2D eigenvalue weighted by Crippen LogP contribution is 2.35. The molecule has 0 aliphatic rings. The minimum absolute atomic E-state index is 0.267. The van der Waals surface area contributed by atoms with Crippen molar-refractivity contribution in [1.82, 2.24) is 0 Å². The van der Waals surface area contributed by atoms with E-state index in [0.29, 0.717) is 12.2 Å². The summed E-state index contributed by atoms with van der Waals surface area (Å²) < 4.78 is 5.33. The van der Waals surface area contributed by atoms with Crippen LogP contribution >= 0.6 is 0 Å². The lowest BCUT2D eigenvalue weighted by molar-refractivity contribution is -0.134. The summed E-state index contributed by atoms with van der Waals surface area (Å²) in [5, 5.41) is 8.86. The number of carboxylic acids is 1. The molecule has 0 aliphatic carbocycles. The molecular weight excluding hydrogens is 400 g/mol. The van der Waals surface area contributed by atoms with Crippen molar-refractivity contribution in [1.29, 1.82) is 0 Å². The third-order valence-electron chi connectivity index (χ3n) is 5.06. The van der Waals surface area contributed by atoms with Gasteiger partial charge in [-0.05, 0) is 58.0 Å². The third kappa shape index (κ3) is 5.82. The average molecular weight is 427 g/mol. The van der Waals surface area contributed by atoms with Gasteiger partial charge in [0.2, 0.25) is 0 Å². The van der Waals surface area contributed by atoms with Gasteiger partial charge in [0.25, 0.3) is 0 Å². The van der Waals surface area contributed by atoms with E-state index in [1.807, 2.05) is 66.7 Å². The zero-order valence-corrected chi connectivity index (χ0v) is 18.2. The van der Waals surface area contributed by atoms with Gasteiger partial charge in [0.05, 0.1) is 0 Å². The van der Waals surface area contributed by atoms with Crippen molar-refractivity contribution in [2.24, 2.45) is 0 Å². The first-order valence-corrected chi connectivity index (χ1v) is 10.6. The van der Waals surface area contributed by atoms with E-state index in [2.05, 4.69) is 19.1 Å². The number of carbonyl (C=O) groups is 2. The topological polar surface area (TPSA) is 63.6 Å². The Bertz CT molecular complexity index is 1120. The van der Waals surface area contributed by atoms with Crippen molar-refractivity contribution in [3.05, 3.63) is 107 Å². The fourth-order valence-corrected chi connectivity index (χ4v) is 3.50. The predicted molar refractivity (Wildman–Crippen MR) is 128 cm³/mol. The van der Waals surface area contributed by atoms with Gasteiger partial charge in [0, 0.05) is 12.5 Å². The van der Waals surface area contributed by atoms with Crippen molar-refractivity contribution in [2.45, 2.75) is 26.7 Å². The molecule has 0 fully saturated rings. The summed E-state index contributed by atoms with van der Waals surface area (Å²) in [4.78, 5) is 22.4. The van der Waals surface area contributed by atoms with Crippen molar-refractivity contribution in [3.63, 3.8) is 0 Å². The van der Waals surface area contributed by atoms with E-state index in [9.17, 15) is 9.59 Å². The quantitative estimate of drug-likeness (QED) is 0.194. The van der Waals surface area contributed by atoms with Crippen molar-refractivity contribution >= 4 is 29.2 Å². The van der Waals surface area contributed by atoms with Crippen molar-refractivity contribution in [3.8, 4) is 5.75 Å². The number of hydrogen-bond donors (Lipinski definition) is 1. The molecule has 4 heteroatoms. The largest absolute Gasteiger partial charge is 0.478 e. The first-order chi connectivity index (χ1) is 15.5. The lowest BCUT2D eigenvalue weighted by Gasteiger charge is -2.17. The van der Waals surface area contributed by atoms with Crippen LogP contribution in [-0.4, -0.2) is 17.0 Å². The summed E-state index contributed by atoms with van der Waals surface area (Å²) in [6, 6.07) is 25.6. The van der Waals surface area contributed by atoms with Crippen LogP contribution in [0.4, 0.5) is 0 Å². The number of allylic oxidation sites excluding steroid dienone is 1. The number of esters is 1. The molecular formula is C28H26O4. The fraction of sp³-hybridized carbons (Fsp3) is 0.143. The zero-order valence-electron chi connectivity index (χ0n) is 18.2. The summed E-state index contributed by atoms with van der Waals surface area (Å²) in [5.74, 6) is -0.722. The van der Waals surface area contributed by atoms with Crippen LogP contribution in [0.15, 0.2) is 84.9 Å². The van der Waals surface area contributed by atoms with Gasteiger partial charge in [-0.1, -0.05) is 80.6 Å². The maximum absolute atomic E-state index is 11.6. The van der Waals surface area contributed by atoms with Gasteiger partial charge in [0.1, 0.15) is 5.75 Å². The van der Waals surface area contributed by atoms with E-state index >= 15 is 0 Å². The van der Waals surface area contributed by atoms with E-state index < -0.39 is 5.97 Å². The second-order valence-corrected chi connectivity index (χ2v) is 7.22. The van der Waals surface area contributed by atoms with Gasteiger partial charge in [0.15, 0.2) is 0 Å². The van der Waals surface area contributed by atoms with E-state index in [-0.39, 0.29) is 5.97 Å². The van der Waals surface area contributed by atoms with Crippen LogP contribution in [0.2, 0.25) is 0 Å². The van der Waals surface area contributed by atoms with Crippen LogP contribution in [0.25, 0.3) is 17.2 Å². The normalized spacial score (nSPS) is 11.8. The summed E-state index contributed by atoms with van der Waals surface area (Å²) in [5.41, 5.74) is 6.27. The molecule has 0 atom stereocenters. The summed E-state index contributed by atoms with van der Waals surface area (Å²) in [6.07, 6.45) is 3.85. The average Bonchev–Trinajstić information content (AvgIpc) is 2.82. The molecule has 0 saturated carbocycles. The molecule has 0 bridgehead atoms. The first kappa shape index (κ1) is 22.8. The van der Waals surface area contributed by atoms with Gasteiger partial charge >= 0.3 is 11.9 Å². The molecule has 0 aliphatic heterocycles. The fourth-order valence-electron chi connectivity index (χ4n) is 3.50. The molecule has 0 saturated heterocycles. The Hall–Kier alpha value is -3.92. The van der Waals surface area contributed by atoms with Gasteiger partial charge < -0.3 is 9.84 Å². The van der Waals surface area contributed by atoms with Crippen molar-refractivity contribution in [2.75, 3.05) is 0 Å². The lowest BCUT2D eigenvalue weighted by atomic mass is 9.88. The van der Waals surface area contributed by atoms with Crippen molar-refractivity contribution < 1.29 is 19.4 Å². The van der Waals surface area contributed by atoms with Crippen LogP contribution in [0.5, 0.6) is 5.75 Å². The SMILES string of the molecule is CCC(=O)Oc1ccc(C(=C(CC)c2ccccc2)c2ccc(C=CC(=O)O)cc2)cc1. The highest BCUT2D eigenvalue weighted by Gasteiger charge is 2.13. The molecule has 1 N–H and O–H groups in total. The van der Waals surface area contributed by atoms with Gasteiger partial charge in [-0.2, -0.15) is 0 Å². The number of aliphatic carboxylic acids is 1. The van der Waals surface area contributed by atoms with Crippen LogP contribution in [0.1, 0.15) is 48.9 Å². The summed E-state index contributed by atoms with van der Waals surface area (Å²) in [7, 11) is 0. The van der Waals surface area contributed by atoms with Gasteiger partial charge in [-0.3, -0.25) is 4.79 Å². The molecule has 3 rings (SSSR count). The van der Waals surface area contributed by atoms with E-state index in [1.54, 1.807) is 13.0 Å². The number of carbonyl (C=O) groups excluding carboxylic acids is 1. The Morgan fingerprint density at radius 1 is 0.781 bits per heavy atom. The minimum atomic E-state index is -0.976. The van der Waals surface area contributed by atoms with E-state index in [4.69, 9.17) is 9.84 Å². The molecule has 0 unspecified atom stereocenters. The second kappa shape index (κ2) is 10.9. The summed E-state index contributed by atoms with van der Waals surface area (Å²) >= 11 is 0. The molecule has 32 heavy (non-hydrogen) atoms.